The van der Waals surface area contributed by atoms with Gasteiger partial charge in [0.15, 0.2) is 0 Å². The Bertz CT molecular complexity index is 385. The van der Waals surface area contributed by atoms with Gasteiger partial charge >= 0.3 is 0 Å². The first-order valence-corrected chi connectivity index (χ1v) is 4.37. The van der Waals surface area contributed by atoms with E-state index in [0.29, 0.717) is 11.5 Å². The largest absolute Gasteiger partial charge is 0.497 e. The molecule has 0 aliphatic rings. The number of carbonyl (C=O) groups excluding carboxylic acids is 1. The van der Waals surface area contributed by atoms with Crippen LogP contribution < -0.4 is 15.2 Å². The van der Waals surface area contributed by atoms with Crippen LogP contribution in [0.3, 0.4) is 0 Å². The molecule has 0 saturated carbocycles. The standard InChI is InChI=1S/C11H13NO3/c1-14-9-4-5-10(15-2)8(7-9)3-6-11(12)13/h3-7H,1-2H3,(H2,12,13). The smallest absolute Gasteiger partial charge is 0.241 e. The number of carbonyl (C=O) groups is 1. The quantitative estimate of drug-likeness (QED) is 0.754. The third kappa shape index (κ3) is 3.02. The van der Waals surface area contributed by atoms with Gasteiger partial charge in [0.05, 0.1) is 14.2 Å². The Hall–Kier alpha value is -1.97. The molecule has 1 aromatic rings. The molecule has 4 heteroatoms. The number of benzene rings is 1. The second-order valence-corrected chi connectivity index (χ2v) is 2.84. The van der Waals surface area contributed by atoms with Crippen molar-refractivity contribution >= 4 is 12.0 Å². The van der Waals surface area contributed by atoms with Crippen molar-refractivity contribution in [3.63, 3.8) is 0 Å². The molecule has 0 unspecified atom stereocenters. The Kier molecular flexibility index (Phi) is 3.74. The van der Waals surface area contributed by atoms with Crippen molar-refractivity contribution in [3.8, 4) is 11.5 Å². The number of primary amides is 1. The zero-order valence-electron chi connectivity index (χ0n) is 8.69. The summed E-state index contributed by atoms with van der Waals surface area (Å²) in [6, 6.07) is 5.30. The number of hydrogen-bond donors (Lipinski definition) is 1. The van der Waals surface area contributed by atoms with Gasteiger partial charge in [-0.3, -0.25) is 4.79 Å². The first-order valence-electron chi connectivity index (χ1n) is 4.37. The minimum Gasteiger partial charge on any atom is -0.497 e. The predicted molar refractivity (Wildman–Crippen MR) is 57.8 cm³/mol. The Labute approximate surface area is 88.3 Å². The molecule has 4 nitrogen and oxygen atoms in total. The molecule has 15 heavy (non-hydrogen) atoms. The Morgan fingerprint density at radius 3 is 2.60 bits per heavy atom. The van der Waals surface area contributed by atoms with Crippen molar-refractivity contribution in [2.75, 3.05) is 14.2 Å². The Morgan fingerprint density at radius 1 is 1.33 bits per heavy atom. The van der Waals surface area contributed by atoms with Gasteiger partial charge in [-0.1, -0.05) is 0 Å². The number of methoxy groups -OCH3 is 2. The fraction of sp³-hybridized carbons (Fsp3) is 0.182. The lowest BCUT2D eigenvalue weighted by Crippen LogP contribution is -2.05. The molecule has 80 valence electrons. The lowest BCUT2D eigenvalue weighted by molar-refractivity contribution is -0.113. The molecule has 1 aromatic carbocycles. The number of ether oxygens (including phenoxy) is 2. The molecule has 0 atom stereocenters. The lowest BCUT2D eigenvalue weighted by Gasteiger charge is -2.06. The fourth-order valence-electron chi connectivity index (χ4n) is 1.14. The molecular formula is C11H13NO3. The molecule has 1 rings (SSSR count). The topological polar surface area (TPSA) is 61.6 Å². The van der Waals surface area contributed by atoms with Crippen LogP contribution in [0.15, 0.2) is 24.3 Å². The molecule has 0 heterocycles. The third-order valence-electron chi connectivity index (χ3n) is 1.86. The highest BCUT2D eigenvalue weighted by Crippen LogP contribution is 2.24. The molecule has 0 spiro atoms. The van der Waals surface area contributed by atoms with Crippen molar-refractivity contribution in [2.45, 2.75) is 0 Å². The van der Waals surface area contributed by atoms with Crippen LogP contribution in [0, 0.1) is 0 Å². The van der Waals surface area contributed by atoms with E-state index in [4.69, 9.17) is 15.2 Å². The second kappa shape index (κ2) is 5.05. The van der Waals surface area contributed by atoms with Gasteiger partial charge in [-0.05, 0) is 24.3 Å². The van der Waals surface area contributed by atoms with Crippen LogP contribution in [0.2, 0.25) is 0 Å². The average molecular weight is 207 g/mol. The molecule has 0 saturated heterocycles. The summed E-state index contributed by atoms with van der Waals surface area (Å²) in [5, 5.41) is 0. The van der Waals surface area contributed by atoms with Gasteiger partial charge in [-0.15, -0.1) is 0 Å². The molecule has 2 N–H and O–H groups in total. The first kappa shape index (κ1) is 11.1. The van der Waals surface area contributed by atoms with Crippen LogP contribution in [-0.2, 0) is 4.79 Å². The van der Waals surface area contributed by atoms with E-state index in [-0.39, 0.29) is 0 Å². The maximum Gasteiger partial charge on any atom is 0.241 e. The highest BCUT2D eigenvalue weighted by atomic mass is 16.5. The van der Waals surface area contributed by atoms with Gasteiger partial charge in [0.25, 0.3) is 0 Å². The Balaban J connectivity index is 3.06. The van der Waals surface area contributed by atoms with E-state index in [1.807, 2.05) is 0 Å². The number of nitrogens with two attached hydrogens (primary N) is 1. The number of amides is 1. The van der Waals surface area contributed by atoms with E-state index in [1.165, 1.54) is 6.08 Å². The molecular weight excluding hydrogens is 194 g/mol. The molecule has 1 amide bonds. The first-order chi connectivity index (χ1) is 7.17. The summed E-state index contributed by atoms with van der Waals surface area (Å²) in [6.07, 6.45) is 2.86. The molecule has 0 radical (unpaired) electrons. The van der Waals surface area contributed by atoms with E-state index in [9.17, 15) is 4.79 Å². The second-order valence-electron chi connectivity index (χ2n) is 2.84. The molecule has 0 aliphatic carbocycles. The van der Waals surface area contributed by atoms with E-state index < -0.39 is 5.91 Å². The molecule has 0 fully saturated rings. The van der Waals surface area contributed by atoms with Gasteiger partial charge in [0.2, 0.25) is 5.91 Å². The maximum atomic E-state index is 10.6. The van der Waals surface area contributed by atoms with Crippen LogP contribution in [-0.4, -0.2) is 20.1 Å². The third-order valence-corrected chi connectivity index (χ3v) is 1.86. The maximum absolute atomic E-state index is 10.6. The van der Waals surface area contributed by atoms with Gasteiger partial charge in [0, 0.05) is 11.6 Å². The monoisotopic (exact) mass is 207 g/mol. The molecule has 0 bridgehead atoms. The Morgan fingerprint density at radius 2 is 2.07 bits per heavy atom. The van der Waals surface area contributed by atoms with Crippen molar-refractivity contribution < 1.29 is 14.3 Å². The number of rotatable bonds is 4. The molecule has 0 aliphatic heterocycles. The normalized spacial score (nSPS) is 10.3. The summed E-state index contributed by atoms with van der Waals surface area (Å²) in [5.41, 5.74) is 5.75. The van der Waals surface area contributed by atoms with Gasteiger partial charge in [-0.2, -0.15) is 0 Å². The van der Waals surface area contributed by atoms with Crippen LogP contribution in [0.4, 0.5) is 0 Å². The minimum atomic E-state index is -0.500. The zero-order valence-corrected chi connectivity index (χ0v) is 8.69. The summed E-state index contributed by atoms with van der Waals surface area (Å²) in [6.45, 7) is 0. The summed E-state index contributed by atoms with van der Waals surface area (Å²) >= 11 is 0. The van der Waals surface area contributed by atoms with E-state index in [0.717, 1.165) is 5.56 Å². The van der Waals surface area contributed by atoms with E-state index in [2.05, 4.69) is 0 Å². The summed E-state index contributed by atoms with van der Waals surface area (Å²) in [7, 11) is 3.13. The van der Waals surface area contributed by atoms with E-state index in [1.54, 1.807) is 38.5 Å². The van der Waals surface area contributed by atoms with Crippen LogP contribution in [0.5, 0.6) is 11.5 Å². The van der Waals surface area contributed by atoms with Crippen LogP contribution in [0.25, 0.3) is 6.08 Å². The number of hydrogen-bond acceptors (Lipinski definition) is 3. The van der Waals surface area contributed by atoms with Crippen molar-refractivity contribution in [1.29, 1.82) is 0 Å². The van der Waals surface area contributed by atoms with Crippen molar-refractivity contribution in [2.24, 2.45) is 5.73 Å². The van der Waals surface area contributed by atoms with Crippen LogP contribution >= 0.6 is 0 Å². The highest BCUT2D eigenvalue weighted by Gasteiger charge is 2.01. The fourth-order valence-corrected chi connectivity index (χ4v) is 1.14. The highest BCUT2D eigenvalue weighted by molar-refractivity contribution is 5.90. The van der Waals surface area contributed by atoms with E-state index >= 15 is 0 Å². The van der Waals surface area contributed by atoms with Gasteiger partial charge in [0.1, 0.15) is 11.5 Å². The summed E-state index contributed by atoms with van der Waals surface area (Å²) in [5.74, 6) is 0.855. The minimum absolute atomic E-state index is 0.500. The van der Waals surface area contributed by atoms with Crippen LogP contribution in [0.1, 0.15) is 5.56 Å². The van der Waals surface area contributed by atoms with Gasteiger partial charge in [-0.25, -0.2) is 0 Å². The van der Waals surface area contributed by atoms with Crippen molar-refractivity contribution in [1.82, 2.24) is 0 Å². The summed E-state index contributed by atoms with van der Waals surface area (Å²) in [4.78, 5) is 10.6. The zero-order chi connectivity index (χ0) is 11.3. The predicted octanol–water partition coefficient (Wildman–Crippen LogP) is 1.20. The van der Waals surface area contributed by atoms with Crippen molar-refractivity contribution in [3.05, 3.63) is 29.8 Å². The molecule has 0 aromatic heterocycles. The SMILES string of the molecule is COc1ccc(OC)c(C=CC(N)=O)c1. The average Bonchev–Trinajstić information content (AvgIpc) is 2.25. The van der Waals surface area contributed by atoms with Gasteiger partial charge < -0.3 is 15.2 Å². The summed E-state index contributed by atoms with van der Waals surface area (Å²) < 4.78 is 10.2. The lowest BCUT2D eigenvalue weighted by atomic mass is 10.1.